The Hall–Kier alpha value is -1.92. The van der Waals surface area contributed by atoms with Gasteiger partial charge in [0.1, 0.15) is 17.2 Å². The van der Waals surface area contributed by atoms with Crippen LogP contribution in [-0.2, 0) is 4.79 Å². The van der Waals surface area contributed by atoms with Crippen molar-refractivity contribution in [1.82, 2.24) is 0 Å². The van der Waals surface area contributed by atoms with Gasteiger partial charge < -0.3 is 19.5 Å². The minimum atomic E-state index is -0.138. The highest BCUT2D eigenvalue weighted by molar-refractivity contribution is 9.10. The maximum atomic E-state index is 12.3. The summed E-state index contributed by atoms with van der Waals surface area (Å²) in [6, 6.07) is 9.31. The molecular weight excluding hydrogens is 446 g/mol. The van der Waals surface area contributed by atoms with Crippen LogP contribution in [-0.4, -0.2) is 26.7 Å². The molecule has 0 radical (unpaired) electrons. The first kappa shape index (κ1) is 22.4. The zero-order valence-corrected chi connectivity index (χ0v) is 18.8. The van der Waals surface area contributed by atoms with Crippen LogP contribution in [0.3, 0.4) is 0 Å². The highest BCUT2D eigenvalue weighted by Gasteiger charge is 2.13. The van der Waals surface area contributed by atoms with Gasteiger partial charge in [0.25, 0.3) is 0 Å². The van der Waals surface area contributed by atoms with Crippen molar-refractivity contribution >= 4 is 39.1 Å². The lowest BCUT2D eigenvalue weighted by Gasteiger charge is -2.13. The average Bonchev–Trinajstić information content (AvgIpc) is 2.67. The van der Waals surface area contributed by atoms with Crippen LogP contribution in [0.25, 0.3) is 0 Å². The monoisotopic (exact) mass is 469 g/mol. The Labute approximate surface area is 179 Å². The van der Waals surface area contributed by atoms with E-state index in [1.165, 1.54) is 19.8 Å². The number of anilines is 1. The van der Waals surface area contributed by atoms with Crippen LogP contribution in [0.2, 0.25) is 5.02 Å². The summed E-state index contributed by atoms with van der Waals surface area (Å²) in [6.07, 6.45) is 0.896. The molecule has 2 rings (SSSR count). The van der Waals surface area contributed by atoms with Crippen LogP contribution < -0.4 is 19.5 Å². The molecule has 0 aliphatic heterocycles. The topological polar surface area (TPSA) is 56.8 Å². The lowest BCUT2D eigenvalue weighted by molar-refractivity contribution is -0.116. The zero-order valence-electron chi connectivity index (χ0n) is 16.5. The predicted octanol–water partition coefficient (Wildman–Crippen LogP) is 6.04. The number of nitrogens with one attached hydrogen (secondary N) is 1. The van der Waals surface area contributed by atoms with Crippen molar-refractivity contribution in [2.24, 2.45) is 0 Å². The number of benzene rings is 2. The molecule has 0 aromatic heterocycles. The summed E-state index contributed by atoms with van der Waals surface area (Å²) < 4.78 is 17.1. The van der Waals surface area contributed by atoms with Crippen LogP contribution in [0.4, 0.5) is 5.69 Å². The third-order valence-corrected chi connectivity index (χ3v) is 5.09. The van der Waals surface area contributed by atoms with Gasteiger partial charge in [-0.3, -0.25) is 4.79 Å². The fourth-order valence-corrected chi connectivity index (χ4v) is 3.32. The Morgan fingerprint density at radius 2 is 1.82 bits per heavy atom. The largest absolute Gasteiger partial charge is 0.495 e. The van der Waals surface area contributed by atoms with Crippen molar-refractivity contribution in [2.75, 3.05) is 26.1 Å². The number of ether oxygens (including phenoxy) is 3. The molecular formula is C21H25BrClNO4. The van der Waals surface area contributed by atoms with Gasteiger partial charge in [-0.2, -0.15) is 0 Å². The van der Waals surface area contributed by atoms with Gasteiger partial charge in [0.05, 0.1) is 36.0 Å². The summed E-state index contributed by atoms with van der Waals surface area (Å²) >= 11 is 9.61. The highest BCUT2D eigenvalue weighted by atomic mass is 79.9. The fraction of sp³-hybridized carbons (Fsp3) is 0.381. The van der Waals surface area contributed by atoms with Crippen LogP contribution in [0.5, 0.6) is 17.2 Å². The second-order valence-corrected chi connectivity index (χ2v) is 7.79. The molecule has 0 saturated carbocycles. The first-order valence-corrected chi connectivity index (χ1v) is 10.2. The van der Waals surface area contributed by atoms with Gasteiger partial charge in [0.2, 0.25) is 5.91 Å². The SMILES string of the molecule is COc1cc(NC(=O)CCCOc2ccc(C(C)C)cc2Br)c(OC)cc1Cl. The van der Waals surface area contributed by atoms with Crippen LogP contribution in [0.15, 0.2) is 34.8 Å². The second-order valence-electron chi connectivity index (χ2n) is 6.53. The van der Waals surface area contributed by atoms with Gasteiger partial charge in [-0.1, -0.05) is 31.5 Å². The van der Waals surface area contributed by atoms with Crippen LogP contribution in [0, 0.1) is 0 Å². The molecule has 0 heterocycles. The van der Waals surface area contributed by atoms with E-state index in [1.54, 1.807) is 12.1 Å². The molecule has 1 amide bonds. The maximum absolute atomic E-state index is 12.3. The molecule has 0 bridgehead atoms. The van der Waals surface area contributed by atoms with Crippen molar-refractivity contribution in [3.8, 4) is 17.2 Å². The van der Waals surface area contributed by atoms with Crippen molar-refractivity contribution in [2.45, 2.75) is 32.6 Å². The molecule has 1 N–H and O–H groups in total. The van der Waals surface area contributed by atoms with E-state index in [-0.39, 0.29) is 5.91 Å². The Bertz CT molecular complexity index is 826. The fourth-order valence-electron chi connectivity index (χ4n) is 2.58. The van der Waals surface area contributed by atoms with Gasteiger partial charge in [-0.25, -0.2) is 0 Å². The van der Waals surface area contributed by atoms with Crippen molar-refractivity contribution < 1.29 is 19.0 Å². The van der Waals surface area contributed by atoms with Crippen molar-refractivity contribution in [1.29, 1.82) is 0 Å². The van der Waals surface area contributed by atoms with E-state index in [2.05, 4.69) is 47.2 Å². The number of halogens is 2. The molecule has 0 atom stereocenters. The van der Waals surface area contributed by atoms with Gasteiger partial charge >= 0.3 is 0 Å². The number of carbonyl (C=O) groups excluding carboxylic acids is 1. The molecule has 2 aromatic carbocycles. The van der Waals surface area contributed by atoms with Crippen LogP contribution in [0.1, 0.15) is 38.2 Å². The number of carbonyl (C=O) groups is 1. The lowest BCUT2D eigenvalue weighted by atomic mass is 10.0. The Kier molecular flexibility index (Phi) is 8.45. The minimum absolute atomic E-state index is 0.138. The summed E-state index contributed by atoms with van der Waals surface area (Å²) in [7, 11) is 3.03. The smallest absolute Gasteiger partial charge is 0.224 e. The molecule has 2 aromatic rings. The molecule has 0 fully saturated rings. The van der Waals surface area contributed by atoms with Gasteiger partial charge in [-0.05, 0) is 46.0 Å². The van der Waals surface area contributed by atoms with E-state index < -0.39 is 0 Å². The third-order valence-electron chi connectivity index (χ3n) is 4.18. The van der Waals surface area contributed by atoms with Crippen LogP contribution >= 0.6 is 27.5 Å². The molecule has 28 heavy (non-hydrogen) atoms. The summed E-state index contributed by atoms with van der Waals surface area (Å²) in [5.41, 5.74) is 1.76. The van der Waals surface area contributed by atoms with Gasteiger partial charge in [0.15, 0.2) is 0 Å². The first-order chi connectivity index (χ1) is 13.3. The van der Waals surface area contributed by atoms with Gasteiger partial charge in [-0.15, -0.1) is 0 Å². The molecule has 0 saturated heterocycles. The summed E-state index contributed by atoms with van der Waals surface area (Å²) in [4.78, 5) is 12.3. The standard InChI is InChI=1S/C21H25BrClNO4/c1-13(2)14-7-8-18(15(22)10-14)28-9-5-6-21(25)24-17-12-19(26-3)16(23)11-20(17)27-4/h7-8,10-13H,5-6,9H2,1-4H3,(H,24,25). The number of methoxy groups -OCH3 is 2. The highest BCUT2D eigenvalue weighted by Crippen LogP contribution is 2.36. The number of amides is 1. The first-order valence-electron chi connectivity index (χ1n) is 8.99. The minimum Gasteiger partial charge on any atom is -0.495 e. The summed E-state index contributed by atoms with van der Waals surface area (Å²) in [6.45, 7) is 4.73. The second kappa shape index (κ2) is 10.6. The zero-order chi connectivity index (χ0) is 20.7. The third kappa shape index (κ3) is 6.04. The average molecular weight is 471 g/mol. The molecule has 5 nitrogen and oxygen atoms in total. The van der Waals surface area contributed by atoms with E-state index >= 15 is 0 Å². The Morgan fingerprint density at radius 3 is 2.43 bits per heavy atom. The van der Waals surface area contributed by atoms with E-state index in [4.69, 9.17) is 25.8 Å². The van der Waals surface area contributed by atoms with Gasteiger partial charge in [0, 0.05) is 18.6 Å². The Balaban J connectivity index is 1.87. The van der Waals surface area contributed by atoms with E-state index in [1.807, 2.05) is 6.07 Å². The molecule has 152 valence electrons. The van der Waals surface area contributed by atoms with E-state index in [0.29, 0.717) is 47.6 Å². The van der Waals surface area contributed by atoms with E-state index in [0.717, 1.165) is 10.2 Å². The quantitative estimate of drug-likeness (QED) is 0.454. The number of rotatable bonds is 9. The Morgan fingerprint density at radius 1 is 1.11 bits per heavy atom. The lowest BCUT2D eigenvalue weighted by Crippen LogP contribution is -2.13. The molecule has 7 heteroatoms. The molecule has 0 spiro atoms. The molecule has 0 unspecified atom stereocenters. The predicted molar refractivity (Wildman–Crippen MR) is 116 cm³/mol. The number of hydrogen-bond acceptors (Lipinski definition) is 4. The van der Waals surface area contributed by atoms with Crippen molar-refractivity contribution in [3.63, 3.8) is 0 Å². The summed E-state index contributed by atoms with van der Waals surface area (Å²) in [5, 5.41) is 3.24. The molecule has 0 aliphatic rings. The van der Waals surface area contributed by atoms with Crippen molar-refractivity contribution in [3.05, 3.63) is 45.4 Å². The molecule has 0 aliphatic carbocycles. The normalized spacial score (nSPS) is 10.7. The maximum Gasteiger partial charge on any atom is 0.224 e. The summed E-state index contributed by atoms with van der Waals surface area (Å²) in [5.74, 6) is 2.03. The van der Waals surface area contributed by atoms with E-state index in [9.17, 15) is 4.79 Å². The number of hydrogen-bond donors (Lipinski definition) is 1.